The average molecular weight is 396 g/mol. The van der Waals surface area contributed by atoms with Crippen molar-refractivity contribution in [3.63, 3.8) is 0 Å². The Balaban J connectivity index is 1.51. The van der Waals surface area contributed by atoms with Crippen LogP contribution in [0.2, 0.25) is 0 Å². The predicted molar refractivity (Wildman–Crippen MR) is 113 cm³/mol. The Bertz CT molecular complexity index is 828. The minimum Gasteiger partial charge on any atom is -0.496 e. The molecule has 1 saturated heterocycles. The van der Waals surface area contributed by atoms with Gasteiger partial charge in [-0.25, -0.2) is 0 Å². The fourth-order valence-corrected chi connectivity index (χ4v) is 3.54. The van der Waals surface area contributed by atoms with Gasteiger partial charge < -0.3 is 19.9 Å². The van der Waals surface area contributed by atoms with Gasteiger partial charge in [-0.3, -0.25) is 9.59 Å². The third kappa shape index (κ3) is 5.35. The highest BCUT2D eigenvalue weighted by Gasteiger charge is 2.21. The lowest BCUT2D eigenvalue weighted by atomic mass is 10.1. The summed E-state index contributed by atoms with van der Waals surface area (Å²) in [5, 5.41) is 2.93. The van der Waals surface area contributed by atoms with Crippen molar-refractivity contribution in [1.82, 2.24) is 15.1 Å². The van der Waals surface area contributed by atoms with Crippen LogP contribution in [0.15, 0.2) is 48.5 Å². The van der Waals surface area contributed by atoms with Crippen LogP contribution in [0, 0.1) is 0 Å². The van der Waals surface area contributed by atoms with Gasteiger partial charge in [-0.1, -0.05) is 25.1 Å². The van der Waals surface area contributed by atoms with E-state index in [0.29, 0.717) is 24.1 Å². The van der Waals surface area contributed by atoms with Gasteiger partial charge in [0.05, 0.1) is 7.11 Å². The number of hydrogen-bond donors (Lipinski definition) is 1. The monoisotopic (exact) mass is 395 g/mol. The first-order valence-corrected chi connectivity index (χ1v) is 10.1. The minimum atomic E-state index is -0.143. The van der Waals surface area contributed by atoms with Gasteiger partial charge in [0.25, 0.3) is 11.8 Å². The van der Waals surface area contributed by atoms with Crippen LogP contribution in [0.5, 0.6) is 5.75 Å². The number of ether oxygens (including phenoxy) is 1. The number of methoxy groups -OCH3 is 1. The SMILES string of the molecule is CCN1CCN(C(=O)c2ccc(C(=O)NCCc3ccccc3OC)cc2)CC1. The second-order valence-electron chi connectivity index (χ2n) is 7.12. The fraction of sp³-hybridized carbons (Fsp3) is 0.391. The van der Waals surface area contributed by atoms with Crippen molar-refractivity contribution in [3.8, 4) is 5.75 Å². The smallest absolute Gasteiger partial charge is 0.253 e. The molecule has 3 rings (SSSR count). The molecular formula is C23H29N3O3. The first-order valence-electron chi connectivity index (χ1n) is 10.1. The highest BCUT2D eigenvalue weighted by molar-refractivity contribution is 5.97. The van der Waals surface area contributed by atoms with Crippen LogP contribution in [-0.4, -0.2) is 68.0 Å². The number of piperazine rings is 1. The van der Waals surface area contributed by atoms with Gasteiger partial charge in [0.1, 0.15) is 5.75 Å². The van der Waals surface area contributed by atoms with Crippen LogP contribution in [0.25, 0.3) is 0 Å². The number of carbonyl (C=O) groups excluding carboxylic acids is 2. The van der Waals surface area contributed by atoms with E-state index in [-0.39, 0.29) is 11.8 Å². The topological polar surface area (TPSA) is 61.9 Å². The van der Waals surface area contributed by atoms with Crippen LogP contribution >= 0.6 is 0 Å². The zero-order valence-corrected chi connectivity index (χ0v) is 17.2. The number of nitrogens with zero attached hydrogens (tertiary/aromatic N) is 2. The number of benzene rings is 2. The third-order valence-electron chi connectivity index (χ3n) is 5.37. The molecule has 1 aliphatic rings. The van der Waals surface area contributed by atoms with Gasteiger partial charge in [-0.05, 0) is 48.9 Å². The fourth-order valence-electron chi connectivity index (χ4n) is 3.54. The summed E-state index contributed by atoms with van der Waals surface area (Å²) in [5.41, 5.74) is 2.23. The lowest BCUT2D eigenvalue weighted by molar-refractivity contribution is 0.0643. The summed E-state index contributed by atoms with van der Waals surface area (Å²) >= 11 is 0. The summed E-state index contributed by atoms with van der Waals surface area (Å²) in [6.07, 6.45) is 0.691. The molecular weight excluding hydrogens is 366 g/mol. The van der Waals surface area contributed by atoms with Crippen molar-refractivity contribution in [1.29, 1.82) is 0 Å². The normalized spacial score (nSPS) is 14.5. The van der Waals surface area contributed by atoms with Crippen molar-refractivity contribution >= 4 is 11.8 Å². The molecule has 0 spiro atoms. The summed E-state index contributed by atoms with van der Waals surface area (Å²) in [5.74, 6) is 0.712. The second-order valence-corrected chi connectivity index (χ2v) is 7.12. The molecule has 29 heavy (non-hydrogen) atoms. The maximum atomic E-state index is 12.7. The quantitative estimate of drug-likeness (QED) is 0.782. The Hall–Kier alpha value is -2.86. The number of rotatable bonds is 7. The highest BCUT2D eigenvalue weighted by atomic mass is 16.5. The number of amides is 2. The van der Waals surface area contributed by atoms with Gasteiger partial charge in [0.15, 0.2) is 0 Å². The molecule has 1 N–H and O–H groups in total. The number of para-hydroxylation sites is 1. The summed E-state index contributed by atoms with van der Waals surface area (Å²) in [4.78, 5) is 29.3. The van der Waals surface area contributed by atoms with E-state index in [0.717, 1.165) is 44.0 Å². The Morgan fingerprint density at radius 2 is 1.62 bits per heavy atom. The number of carbonyl (C=O) groups is 2. The molecule has 2 aromatic carbocycles. The molecule has 0 aromatic heterocycles. The first-order chi connectivity index (χ1) is 14.1. The third-order valence-corrected chi connectivity index (χ3v) is 5.37. The van der Waals surface area contributed by atoms with Gasteiger partial charge in [0.2, 0.25) is 0 Å². The molecule has 0 bridgehead atoms. The summed E-state index contributed by atoms with van der Waals surface area (Å²) in [7, 11) is 1.64. The lowest BCUT2D eigenvalue weighted by Crippen LogP contribution is -2.48. The molecule has 2 amide bonds. The van der Waals surface area contributed by atoms with E-state index in [2.05, 4.69) is 17.1 Å². The van der Waals surface area contributed by atoms with E-state index in [1.165, 1.54) is 0 Å². The zero-order valence-electron chi connectivity index (χ0n) is 17.2. The van der Waals surface area contributed by atoms with Crippen molar-refractivity contribution in [2.45, 2.75) is 13.3 Å². The van der Waals surface area contributed by atoms with E-state index in [4.69, 9.17) is 4.74 Å². The molecule has 1 fully saturated rings. The molecule has 0 unspecified atom stereocenters. The van der Waals surface area contributed by atoms with Gasteiger partial charge in [-0.2, -0.15) is 0 Å². The van der Waals surface area contributed by atoms with Crippen LogP contribution in [0.4, 0.5) is 0 Å². The average Bonchev–Trinajstić information content (AvgIpc) is 2.79. The van der Waals surface area contributed by atoms with E-state index < -0.39 is 0 Å². The van der Waals surface area contributed by atoms with E-state index in [1.807, 2.05) is 29.2 Å². The Kier molecular flexibility index (Phi) is 7.25. The molecule has 1 aliphatic heterocycles. The van der Waals surface area contributed by atoms with Crippen LogP contribution in [0.1, 0.15) is 33.2 Å². The number of nitrogens with one attached hydrogen (secondary N) is 1. The van der Waals surface area contributed by atoms with Crippen molar-refractivity contribution < 1.29 is 14.3 Å². The standard InChI is InChI=1S/C23H29N3O3/c1-3-25-14-16-26(17-15-25)23(28)20-10-8-19(9-11-20)22(27)24-13-12-18-6-4-5-7-21(18)29-2/h4-11H,3,12-17H2,1-2H3,(H,24,27). The Morgan fingerprint density at radius 3 is 2.28 bits per heavy atom. The maximum Gasteiger partial charge on any atom is 0.253 e. The molecule has 2 aromatic rings. The van der Waals surface area contributed by atoms with Crippen LogP contribution in [0.3, 0.4) is 0 Å². The number of likely N-dealkylation sites (N-methyl/N-ethyl adjacent to an activating group) is 1. The minimum absolute atomic E-state index is 0.0314. The van der Waals surface area contributed by atoms with Crippen molar-refractivity contribution in [2.24, 2.45) is 0 Å². The van der Waals surface area contributed by atoms with Gasteiger partial charge >= 0.3 is 0 Å². The van der Waals surface area contributed by atoms with Gasteiger partial charge in [0, 0.05) is 43.9 Å². The molecule has 0 atom stereocenters. The van der Waals surface area contributed by atoms with Crippen LogP contribution < -0.4 is 10.1 Å². The first kappa shape index (κ1) is 20.9. The highest BCUT2D eigenvalue weighted by Crippen LogP contribution is 2.17. The number of hydrogen-bond acceptors (Lipinski definition) is 4. The van der Waals surface area contributed by atoms with E-state index >= 15 is 0 Å². The molecule has 6 nitrogen and oxygen atoms in total. The van der Waals surface area contributed by atoms with E-state index in [1.54, 1.807) is 31.4 Å². The van der Waals surface area contributed by atoms with Crippen molar-refractivity contribution in [3.05, 3.63) is 65.2 Å². The molecule has 6 heteroatoms. The Morgan fingerprint density at radius 1 is 0.966 bits per heavy atom. The molecule has 0 saturated carbocycles. The molecule has 0 radical (unpaired) electrons. The zero-order chi connectivity index (χ0) is 20.6. The largest absolute Gasteiger partial charge is 0.496 e. The lowest BCUT2D eigenvalue weighted by Gasteiger charge is -2.34. The molecule has 154 valence electrons. The summed E-state index contributed by atoms with van der Waals surface area (Å²) in [6, 6.07) is 14.7. The van der Waals surface area contributed by atoms with E-state index in [9.17, 15) is 9.59 Å². The predicted octanol–water partition coefficient (Wildman–Crippen LogP) is 2.45. The maximum absolute atomic E-state index is 12.7. The second kappa shape index (κ2) is 10.1. The van der Waals surface area contributed by atoms with Crippen molar-refractivity contribution in [2.75, 3.05) is 46.4 Å². The Labute approximate surface area is 172 Å². The van der Waals surface area contributed by atoms with Crippen LogP contribution in [-0.2, 0) is 6.42 Å². The van der Waals surface area contributed by atoms with Gasteiger partial charge in [-0.15, -0.1) is 0 Å². The molecule has 1 heterocycles. The summed E-state index contributed by atoms with van der Waals surface area (Å²) in [6.45, 7) is 6.99. The molecule has 0 aliphatic carbocycles. The summed E-state index contributed by atoms with van der Waals surface area (Å²) < 4.78 is 5.33.